The molecule has 0 aliphatic carbocycles. The van der Waals surface area contributed by atoms with Crippen LogP contribution in [0.5, 0.6) is 0 Å². The molecule has 0 spiro atoms. The number of nitriles is 1. The Balaban J connectivity index is 1.29. The molecule has 10 nitrogen and oxygen atoms in total. The second-order valence-corrected chi connectivity index (χ2v) is 15.6. The molecule has 0 bridgehead atoms. The van der Waals surface area contributed by atoms with Gasteiger partial charge < -0.3 is 9.64 Å². The van der Waals surface area contributed by atoms with Crippen molar-refractivity contribution in [1.29, 1.82) is 5.26 Å². The summed E-state index contributed by atoms with van der Waals surface area (Å²) in [6.07, 6.45) is -0.863. The zero-order valence-electron chi connectivity index (χ0n) is 28.6. The molecule has 6 rings (SSSR count). The van der Waals surface area contributed by atoms with E-state index in [0.29, 0.717) is 32.9 Å². The number of aliphatic imine (C=N–C) groups is 1. The average molecular weight is 722 g/mol. The van der Waals surface area contributed by atoms with Crippen LogP contribution < -0.4 is 0 Å². The minimum Gasteiger partial charge on any atom is -0.443 e. The largest absolute Gasteiger partial charge is 0.443 e. The van der Waals surface area contributed by atoms with E-state index >= 15 is 0 Å². The summed E-state index contributed by atoms with van der Waals surface area (Å²) in [5, 5.41) is 10.4. The molecule has 4 aromatic carbocycles. The third kappa shape index (κ3) is 7.59. The lowest BCUT2D eigenvalue weighted by atomic mass is 10.0. The second kappa shape index (κ2) is 14.2. The van der Waals surface area contributed by atoms with Gasteiger partial charge in [-0.2, -0.15) is 9.57 Å². The van der Waals surface area contributed by atoms with E-state index in [2.05, 4.69) is 6.07 Å². The lowest BCUT2D eigenvalue weighted by Crippen LogP contribution is -2.56. The molecular weight excluding hydrogens is 686 g/mol. The van der Waals surface area contributed by atoms with Crippen molar-refractivity contribution < 1.29 is 22.7 Å². The maximum absolute atomic E-state index is 14.2. The monoisotopic (exact) mass is 721 g/mol. The van der Waals surface area contributed by atoms with Crippen LogP contribution in [0.2, 0.25) is 5.02 Å². The number of sulfonamides is 1. The Morgan fingerprint density at radius 2 is 1.61 bits per heavy atom. The van der Waals surface area contributed by atoms with Crippen molar-refractivity contribution >= 4 is 55.9 Å². The van der Waals surface area contributed by atoms with Gasteiger partial charge in [-0.1, -0.05) is 78.3 Å². The van der Waals surface area contributed by atoms with Crippen molar-refractivity contribution in [3.63, 3.8) is 0 Å². The number of aromatic nitrogens is 1. The molecule has 1 amide bonds. The van der Waals surface area contributed by atoms with E-state index in [-0.39, 0.29) is 18.1 Å². The summed E-state index contributed by atoms with van der Waals surface area (Å²) in [6, 6.07) is 32.4. The number of fused-ring (bicyclic) bond motifs is 1. The van der Waals surface area contributed by atoms with E-state index < -0.39 is 40.2 Å². The number of hydrogen-bond acceptors (Lipinski definition) is 7. The van der Waals surface area contributed by atoms with Crippen LogP contribution in [0.4, 0.5) is 10.5 Å². The number of ether oxygens (including phenoxy) is 1. The first-order chi connectivity index (χ1) is 24.2. The van der Waals surface area contributed by atoms with Crippen molar-refractivity contribution in [2.45, 2.75) is 50.9 Å². The number of halogens is 1. The van der Waals surface area contributed by atoms with Crippen molar-refractivity contribution in [2.24, 2.45) is 4.99 Å². The number of amides is 1. The first-order valence-corrected chi connectivity index (χ1v) is 18.1. The Morgan fingerprint density at radius 1 is 0.961 bits per heavy atom. The van der Waals surface area contributed by atoms with E-state index in [0.717, 1.165) is 25.6 Å². The van der Waals surface area contributed by atoms with Gasteiger partial charge in [0.1, 0.15) is 11.7 Å². The smallest absolute Gasteiger partial charge is 0.420 e. The Bertz CT molecular complexity index is 2270. The first kappa shape index (κ1) is 35.5. The number of carbonyl (C=O) groups is 2. The average Bonchev–Trinajstić information content (AvgIpc) is 3.48. The number of rotatable bonds is 7. The molecule has 1 aliphatic heterocycles. The summed E-state index contributed by atoms with van der Waals surface area (Å²) >= 11 is 6.20. The van der Waals surface area contributed by atoms with Gasteiger partial charge in [0.2, 0.25) is 5.91 Å². The fraction of sp³-hybridized carbons (Fsp3) is 0.231. The van der Waals surface area contributed by atoms with E-state index in [9.17, 15) is 23.3 Å². The maximum Gasteiger partial charge on any atom is 0.420 e. The molecule has 2 heterocycles. The third-order valence-electron chi connectivity index (χ3n) is 8.40. The van der Waals surface area contributed by atoms with Gasteiger partial charge in [-0.25, -0.2) is 22.8 Å². The summed E-state index contributed by atoms with van der Waals surface area (Å²) in [5.41, 5.74) is 3.44. The maximum atomic E-state index is 14.2. The molecular formula is C39H36ClN5O5S. The van der Waals surface area contributed by atoms with Gasteiger partial charge >= 0.3 is 6.09 Å². The Labute approximate surface area is 302 Å². The molecule has 1 aromatic heterocycles. The third-order valence-corrected chi connectivity index (χ3v) is 10.4. The van der Waals surface area contributed by atoms with Crippen LogP contribution in [0.1, 0.15) is 49.9 Å². The van der Waals surface area contributed by atoms with Crippen LogP contribution in [-0.2, 0) is 26.1 Å². The summed E-state index contributed by atoms with van der Waals surface area (Å²) in [6.45, 7) is 6.57. The number of benzene rings is 4. The zero-order valence-corrected chi connectivity index (χ0v) is 30.1. The molecule has 1 saturated heterocycles. The summed E-state index contributed by atoms with van der Waals surface area (Å²) in [7, 11) is -4.36. The molecule has 1 atom stereocenters. The highest BCUT2D eigenvalue weighted by atomic mass is 35.5. The molecule has 0 unspecified atom stereocenters. The van der Waals surface area contributed by atoms with Gasteiger partial charge in [0.05, 0.1) is 29.0 Å². The van der Waals surface area contributed by atoms with Gasteiger partial charge in [-0.05, 0) is 69.7 Å². The normalized spacial score (nSPS) is 15.4. The predicted octanol–water partition coefficient (Wildman–Crippen LogP) is 7.54. The summed E-state index contributed by atoms with van der Waals surface area (Å²) < 4.78 is 36.1. The molecule has 0 N–H and O–H groups in total. The number of nitrogens with zero attached hydrogens (tertiary/aromatic N) is 5. The Morgan fingerprint density at radius 3 is 2.20 bits per heavy atom. The van der Waals surface area contributed by atoms with Crippen LogP contribution in [0.3, 0.4) is 0 Å². The predicted molar refractivity (Wildman–Crippen MR) is 197 cm³/mol. The molecule has 12 heteroatoms. The lowest BCUT2D eigenvalue weighted by Gasteiger charge is -2.39. The van der Waals surface area contributed by atoms with Crippen molar-refractivity contribution in [1.82, 2.24) is 13.8 Å². The molecule has 5 aromatic rings. The van der Waals surface area contributed by atoms with Crippen molar-refractivity contribution in [3.8, 4) is 6.07 Å². The number of carbonyl (C=O) groups excluding carboxylic acids is 2. The molecule has 51 heavy (non-hydrogen) atoms. The summed E-state index contributed by atoms with van der Waals surface area (Å²) in [4.78, 5) is 33.6. The number of piperazine rings is 1. The first-order valence-electron chi connectivity index (χ1n) is 16.3. The van der Waals surface area contributed by atoms with Crippen LogP contribution >= 0.6 is 11.6 Å². The Kier molecular flexibility index (Phi) is 9.86. The quantitative estimate of drug-likeness (QED) is 0.160. The molecule has 1 fully saturated rings. The van der Waals surface area contributed by atoms with Gasteiger partial charge in [-0.15, -0.1) is 0 Å². The Hall–Kier alpha value is -5.28. The fourth-order valence-corrected chi connectivity index (χ4v) is 7.84. The van der Waals surface area contributed by atoms with Crippen LogP contribution in [0.15, 0.2) is 113 Å². The molecule has 1 aliphatic rings. The second-order valence-electron chi connectivity index (χ2n) is 13.3. The van der Waals surface area contributed by atoms with E-state index in [1.165, 1.54) is 6.07 Å². The zero-order chi connectivity index (χ0) is 36.5. The SMILES string of the molecule is C[C@H]1CN(S(=O)(=O)c2cc3cc(Cl)ccc3n2C(=O)OC(C)(C)C)CC(=O)N1Cc1ccc(C#N)c(N=C(c2ccccc2)c2ccccc2)c1. The molecule has 260 valence electrons. The molecule has 0 saturated carbocycles. The standard InChI is InChI=1S/C39H36ClN5O5S/c1-26-23-43(51(48,49)36-21-31-20-32(40)17-18-34(31)45(36)38(47)50-39(2,3)4)25-35(46)44(26)24-27-15-16-30(22-41)33(19-27)42-37(28-11-7-5-8-12-28)29-13-9-6-10-14-29/h5-21,26H,23-25H2,1-4H3/t26-/m0/s1. The van der Waals surface area contributed by atoms with Crippen LogP contribution in [0.25, 0.3) is 10.9 Å². The van der Waals surface area contributed by atoms with Gasteiger partial charge in [0.25, 0.3) is 10.0 Å². The fourth-order valence-electron chi connectivity index (χ4n) is 6.02. The minimum absolute atomic E-state index is 0.0157. The lowest BCUT2D eigenvalue weighted by molar-refractivity contribution is -0.137. The number of hydrogen-bond donors (Lipinski definition) is 0. The highest BCUT2D eigenvalue weighted by molar-refractivity contribution is 7.89. The van der Waals surface area contributed by atoms with Gasteiger partial charge in [0.15, 0.2) is 5.03 Å². The highest BCUT2D eigenvalue weighted by Gasteiger charge is 2.39. The molecule has 0 radical (unpaired) electrons. The van der Waals surface area contributed by atoms with Crippen LogP contribution in [0, 0.1) is 11.3 Å². The van der Waals surface area contributed by atoms with E-state index in [1.807, 2.05) is 60.7 Å². The highest BCUT2D eigenvalue weighted by Crippen LogP contribution is 2.31. The van der Waals surface area contributed by atoms with Crippen LogP contribution in [-0.4, -0.2) is 64.6 Å². The summed E-state index contributed by atoms with van der Waals surface area (Å²) in [5.74, 6) is -0.413. The van der Waals surface area contributed by atoms with Gasteiger partial charge in [-0.3, -0.25) is 4.79 Å². The van der Waals surface area contributed by atoms with E-state index in [1.54, 1.807) is 69.0 Å². The topological polar surface area (TPSA) is 125 Å². The van der Waals surface area contributed by atoms with Crippen molar-refractivity contribution in [3.05, 3.63) is 130 Å². The van der Waals surface area contributed by atoms with E-state index in [4.69, 9.17) is 21.3 Å². The minimum atomic E-state index is -4.36. The van der Waals surface area contributed by atoms with Gasteiger partial charge in [0, 0.05) is 40.7 Å². The van der Waals surface area contributed by atoms with Crippen molar-refractivity contribution in [2.75, 3.05) is 13.1 Å².